The Morgan fingerprint density at radius 2 is 2.16 bits per heavy atom. The van der Waals surface area contributed by atoms with Crippen molar-refractivity contribution in [3.05, 3.63) is 53.9 Å². The molecular weight excluding hydrogens is 314 g/mol. The van der Waals surface area contributed by atoms with Crippen LogP contribution in [0.1, 0.15) is 11.3 Å². The number of benzene rings is 1. The van der Waals surface area contributed by atoms with Crippen LogP contribution in [0.2, 0.25) is 0 Å². The lowest BCUT2D eigenvalue weighted by Crippen LogP contribution is -2.42. The van der Waals surface area contributed by atoms with Crippen molar-refractivity contribution in [2.45, 2.75) is 6.54 Å². The normalized spacial score (nSPS) is 10.9. The molecule has 0 unspecified atom stereocenters. The second-order valence-electron chi connectivity index (χ2n) is 5.64. The minimum atomic E-state index is -0.164. The summed E-state index contributed by atoms with van der Waals surface area (Å²) in [6, 6.07) is 11.2. The zero-order valence-electron chi connectivity index (χ0n) is 14.8. The third-order valence-electron chi connectivity index (χ3n) is 3.74. The van der Waals surface area contributed by atoms with E-state index in [4.69, 9.17) is 6.42 Å². The molecule has 130 valence electrons. The second kappa shape index (κ2) is 8.60. The quantitative estimate of drug-likeness (QED) is 0.495. The molecule has 0 aliphatic carbocycles. The average Bonchev–Trinajstić information content (AvgIpc) is 3.00. The summed E-state index contributed by atoms with van der Waals surface area (Å²) in [5.74, 6) is 3.03. The highest BCUT2D eigenvalue weighted by molar-refractivity contribution is 5.95. The maximum absolute atomic E-state index is 12.1. The SMILES string of the molecule is C#Cc1cccc(NC(=O)CNC(=NC)N(C)Cc2cccn2C)c1. The monoisotopic (exact) mass is 337 g/mol. The number of hydrogen-bond acceptors (Lipinski definition) is 2. The summed E-state index contributed by atoms with van der Waals surface area (Å²) < 4.78 is 2.05. The average molecular weight is 337 g/mol. The van der Waals surface area contributed by atoms with Crippen molar-refractivity contribution in [3.8, 4) is 12.3 Å². The van der Waals surface area contributed by atoms with Crippen LogP contribution in [0, 0.1) is 12.3 Å². The number of hydrogen-bond donors (Lipinski definition) is 2. The van der Waals surface area contributed by atoms with Gasteiger partial charge in [0.25, 0.3) is 0 Å². The molecule has 6 nitrogen and oxygen atoms in total. The molecule has 2 rings (SSSR count). The van der Waals surface area contributed by atoms with Crippen LogP contribution in [-0.4, -0.2) is 42.0 Å². The third kappa shape index (κ3) is 5.15. The molecule has 1 amide bonds. The van der Waals surface area contributed by atoms with Gasteiger partial charge in [-0.2, -0.15) is 0 Å². The smallest absolute Gasteiger partial charge is 0.243 e. The molecule has 0 fully saturated rings. The van der Waals surface area contributed by atoms with Crippen molar-refractivity contribution in [2.24, 2.45) is 12.0 Å². The number of carbonyl (C=O) groups excluding carboxylic acids is 1. The molecule has 0 spiro atoms. The number of carbonyl (C=O) groups is 1. The number of anilines is 1. The van der Waals surface area contributed by atoms with Crippen LogP contribution >= 0.6 is 0 Å². The van der Waals surface area contributed by atoms with Crippen LogP contribution in [0.15, 0.2) is 47.6 Å². The fourth-order valence-corrected chi connectivity index (χ4v) is 2.41. The summed E-state index contributed by atoms with van der Waals surface area (Å²) in [6.07, 6.45) is 7.36. The first kappa shape index (κ1) is 18.1. The van der Waals surface area contributed by atoms with Crippen molar-refractivity contribution in [3.63, 3.8) is 0 Å². The van der Waals surface area contributed by atoms with Gasteiger partial charge in [0.15, 0.2) is 5.96 Å². The number of rotatable bonds is 5. The molecule has 0 saturated heterocycles. The number of amides is 1. The van der Waals surface area contributed by atoms with Crippen LogP contribution in [-0.2, 0) is 18.4 Å². The lowest BCUT2D eigenvalue weighted by molar-refractivity contribution is -0.115. The van der Waals surface area contributed by atoms with E-state index in [1.165, 1.54) is 0 Å². The van der Waals surface area contributed by atoms with Gasteiger partial charge in [-0.3, -0.25) is 9.79 Å². The summed E-state index contributed by atoms with van der Waals surface area (Å²) >= 11 is 0. The van der Waals surface area contributed by atoms with Gasteiger partial charge >= 0.3 is 0 Å². The Morgan fingerprint density at radius 3 is 2.80 bits per heavy atom. The van der Waals surface area contributed by atoms with Gasteiger partial charge < -0.3 is 20.1 Å². The molecule has 0 saturated carbocycles. The Balaban J connectivity index is 1.88. The molecule has 0 atom stereocenters. The lowest BCUT2D eigenvalue weighted by atomic mass is 10.2. The van der Waals surface area contributed by atoms with Gasteiger partial charge in [-0.05, 0) is 30.3 Å². The maximum atomic E-state index is 12.1. The van der Waals surface area contributed by atoms with E-state index in [9.17, 15) is 4.79 Å². The van der Waals surface area contributed by atoms with Crippen LogP contribution in [0.5, 0.6) is 0 Å². The predicted molar refractivity (Wildman–Crippen MR) is 101 cm³/mol. The van der Waals surface area contributed by atoms with Crippen LogP contribution in [0.25, 0.3) is 0 Å². The molecule has 2 N–H and O–H groups in total. The molecule has 0 bridgehead atoms. The first-order chi connectivity index (χ1) is 12.0. The standard InChI is InChI=1S/C19H23N5O/c1-5-15-8-6-9-16(12-15)22-18(25)13-21-19(20-2)24(4)14-17-10-7-11-23(17)3/h1,6-12H,13-14H2,2-4H3,(H,20,21)(H,22,25). The fourth-order valence-electron chi connectivity index (χ4n) is 2.41. The summed E-state index contributed by atoms with van der Waals surface area (Å²) in [5, 5.41) is 5.88. The van der Waals surface area contributed by atoms with Crippen molar-refractivity contribution in [2.75, 3.05) is 26.0 Å². The number of aryl methyl sites for hydroxylation is 1. The van der Waals surface area contributed by atoms with E-state index in [2.05, 4.69) is 32.2 Å². The number of nitrogens with one attached hydrogen (secondary N) is 2. The lowest BCUT2D eigenvalue weighted by Gasteiger charge is -2.22. The van der Waals surface area contributed by atoms with E-state index in [0.717, 1.165) is 11.3 Å². The van der Waals surface area contributed by atoms with Gasteiger partial charge in [-0.1, -0.05) is 12.0 Å². The maximum Gasteiger partial charge on any atom is 0.243 e. The van der Waals surface area contributed by atoms with Gasteiger partial charge in [0.1, 0.15) is 0 Å². The number of aliphatic imine (C=N–C) groups is 1. The summed E-state index contributed by atoms with van der Waals surface area (Å²) in [6.45, 7) is 0.805. The van der Waals surface area contributed by atoms with Crippen LogP contribution in [0.4, 0.5) is 5.69 Å². The highest BCUT2D eigenvalue weighted by atomic mass is 16.1. The summed E-state index contributed by atoms with van der Waals surface area (Å²) in [4.78, 5) is 18.3. The minimum absolute atomic E-state index is 0.116. The Bertz CT molecular complexity index is 800. The fraction of sp³-hybridized carbons (Fsp3) is 0.263. The van der Waals surface area contributed by atoms with Crippen molar-refractivity contribution >= 4 is 17.6 Å². The van der Waals surface area contributed by atoms with E-state index >= 15 is 0 Å². The molecule has 2 aromatic rings. The molecule has 1 heterocycles. The van der Waals surface area contributed by atoms with Crippen molar-refractivity contribution in [1.82, 2.24) is 14.8 Å². The predicted octanol–water partition coefficient (Wildman–Crippen LogP) is 1.65. The van der Waals surface area contributed by atoms with E-state index in [0.29, 0.717) is 18.2 Å². The highest BCUT2D eigenvalue weighted by Gasteiger charge is 2.10. The van der Waals surface area contributed by atoms with E-state index in [-0.39, 0.29) is 12.5 Å². The molecule has 0 radical (unpaired) electrons. The highest BCUT2D eigenvalue weighted by Crippen LogP contribution is 2.09. The van der Waals surface area contributed by atoms with E-state index < -0.39 is 0 Å². The molecule has 1 aromatic heterocycles. The van der Waals surface area contributed by atoms with Crippen LogP contribution < -0.4 is 10.6 Å². The van der Waals surface area contributed by atoms with Crippen LogP contribution in [0.3, 0.4) is 0 Å². The Morgan fingerprint density at radius 1 is 1.36 bits per heavy atom. The summed E-state index contributed by atoms with van der Waals surface area (Å²) in [7, 11) is 5.62. The third-order valence-corrected chi connectivity index (χ3v) is 3.74. The van der Waals surface area contributed by atoms with E-state index in [1.807, 2.05) is 43.4 Å². The number of nitrogens with zero attached hydrogens (tertiary/aromatic N) is 3. The van der Waals surface area contributed by atoms with Crippen molar-refractivity contribution in [1.29, 1.82) is 0 Å². The number of aromatic nitrogens is 1. The van der Waals surface area contributed by atoms with Gasteiger partial charge in [-0.25, -0.2) is 0 Å². The molecule has 1 aromatic carbocycles. The topological polar surface area (TPSA) is 61.7 Å². The molecule has 0 aliphatic heterocycles. The minimum Gasteiger partial charge on any atom is -0.353 e. The first-order valence-corrected chi connectivity index (χ1v) is 7.92. The Kier molecular flexibility index (Phi) is 6.24. The van der Waals surface area contributed by atoms with Crippen molar-refractivity contribution < 1.29 is 4.79 Å². The van der Waals surface area contributed by atoms with Gasteiger partial charge in [0.05, 0.1) is 13.1 Å². The van der Waals surface area contributed by atoms with Gasteiger partial charge in [0, 0.05) is 44.3 Å². The molecular formula is C19H23N5O. The van der Waals surface area contributed by atoms with E-state index in [1.54, 1.807) is 19.2 Å². The number of terminal acetylenes is 1. The second-order valence-corrected chi connectivity index (χ2v) is 5.64. The Labute approximate surface area is 148 Å². The van der Waals surface area contributed by atoms with Gasteiger partial charge in [0.2, 0.25) is 5.91 Å². The summed E-state index contributed by atoms with van der Waals surface area (Å²) in [5.41, 5.74) is 2.55. The number of guanidine groups is 1. The zero-order valence-corrected chi connectivity index (χ0v) is 14.8. The Hall–Kier alpha value is -3.20. The molecule has 25 heavy (non-hydrogen) atoms. The van der Waals surface area contributed by atoms with Gasteiger partial charge in [-0.15, -0.1) is 6.42 Å². The zero-order chi connectivity index (χ0) is 18.2. The molecule has 0 aliphatic rings. The molecule has 6 heteroatoms. The largest absolute Gasteiger partial charge is 0.353 e. The first-order valence-electron chi connectivity index (χ1n) is 7.92.